The number of thiophene rings is 1. The molecule has 0 saturated heterocycles. The zero-order valence-electron chi connectivity index (χ0n) is 25.9. The van der Waals surface area contributed by atoms with Gasteiger partial charge in [-0.15, -0.1) is 34.6 Å². The van der Waals surface area contributed by atoms with Gasteiger partial charge in [0.25, 0.3) is 0 Å². The molecule has 7 heteroatoms. The van der Waals surface area contributed by atoms with E-state index in [-0.39, 0.29) is 26.5 Å². The minimum Gasteiger partial charge on any atom is -0.497 e. The molecule has 0 fully saturated rings. The number of rotatable bonds is 3. The van der Waals surface area contributed by atoms with Gasteiger partial charge >= 0.3 is 21.1 Å². The molecule has 0 spiro atoms. The summed E-state index contributed by atoms with van der Waals surface area (Å²) in [6, 6.07) is 30.5. The zero-order chi connectivity index (χ0) is 30.6. The molecule has 0 aliphatic heterocycles. The molecule has 0 bridgehead atoms. The molecule has 9 rings (SSSR count). The molecule has 0 radical (unpaired) electrons. The molecule has 0 aliphatic rings. The van der Waals surface area contributed by atoms with Gasteiger partial charge in [-0.05, 0) is 53.9 Å². The molecule has 4 aromatic carbocycles. The second-order valence-electron chi connectivity index (χ2n) is 12.8. The fourth-order valence-corrected chi connectivity index (χ4v) is 7.83. The van der Waals surface area contributed by atoms with Crippen molar-refractivity contribution in [2.45, 2.75) is 40.0 Å². The number of fused-ring (bicyclic) bond motifs is 7. The van der Waals surface area contributed by atoms with Crippen LogP contribution in [0.15, 0.2) is 79.3 Å². The van der Waals surface area contributed by atoms with Crippen LogP contribution in [0.2, 0.25) is 0 Å². The van der Waals surface area contributed by atoms with Crippen LogP contribution in [0, 0.1) is 26.0 Å². The van der Waals surface area contributed by atoms with E-state index < -0.39 is 0 Å². The number of hydrogen-bond donors (Lipinski definition) is 0. The Balaban J connectivity index is 0.00000312. The van der Waals surface area contributed by atoms with Gasteiger partial charge in [0.05, 0.1) is 5.52 Å². The number of benzene rings is 4. The van der Waals surface area contributed by atoms with Crippen LogP contribution < -0.4 is 4.74 Å². The molecule has 0 aliphatic carbocycles. The van der Waals surface area contributed by atoms with Gasteiger partial charge in [0.15, 0.2) is 0 Å². The van der Waals surface area contributed by atoms with E-state index in [4.69, 9.17) is 14.7 Å². The third-order valence-corrected chi connectivity index (χ3v) is 10.3. The first-order valence-corrected chi connectivity index (χ1v) is 15.9. The van der Waals surface area contributed by atoms with E-state index in [1.54, 1.807) is 17.7 Å². The summed E-state index contributed by atoms with van der Waals surface area (Å²) >= 11 is 1.79. The molecule has 0 amide bonds. The molecule has 5 nitrogen and oxygen atoms in total. The van der Waals surface area contributed by atoms with E-state index in [1.807, 2.05) is 12.3 Å². The molecule has 0 N–H and O–H groups in total. The van der Waals surface area contributed by atoms with E-state index in [1.165, 1.54) is 31.3 Å². The number of aryl methyl sites for hydroxylation is 2. The van der Waals surface area contributed by atoms with E-state index in [2.05, 4.69) is 117 Å². The summed E-state index contributed by atoms with van der Waals surface area (Å²) < 4.78 is 10.1. The largest absolute Gasteiger partial charge is 2.00 e. The van der Waals surface area contributed by atoms with E-state index in [9.17, 15) is 0 Å². The van der Waals surface area contributed by atoms with Crippen LogP contribution >= 0.6 is 11.3 Å². The Bertz CT molecular complexity index is 2650. The van der Waals surface area contributed by atoms with Gasteiger partial charge in [-0.25, -0.2) is 4.98 Å². The van der Waals surface area contributed by atoms with Gasteiger partial charge in [0.1, 0.15) is 6.33 Å². The molecule has 9 aromatic rings. The number of para-hydroxylation sites is 1. The third kappa shape index (κ3) is 4.20. The van der Waals surface area contributed by atoms with Crippen molar-refractivity contribution >= 4 is 70.6 Å². The van der Waals surface area contributed by atoms with Crippen molar-refractivity contribution in [3.63, 3.8) is 0 Å². The second kappa shape index (κ2) is 10.3. The molecule has 5 aromatic heterocycles. The summed E-state index contributed by atoms with van der Waals surface area (Å²) in [5.41, 5.74) is 9.31. The van der Waals surface area contributed by atoms with Crippen LogP contribution in [-0.4, -0.2) is 19.4 Å². The van der Waals surface area contributed by atoms with Crippen LogP contribution in [0.3, 0.4) is 0 Å². The Labute approximate surface area is 284 Å². The Morgan fingerprint density at radius 1 is 0.804 bits per heavy atom. The Hall–Kier alpha value is -4.38. The van der Waals surface area contributed by atoms with Crippen molar-refractivity contribution in [3.8, 4) is 22.8 Å². The standard InChI is InChI=1S/C39H28N4OS.Pt/c1-21-22(2)45-38-27(21)14-15-40-35(38)23-16-24(39(3,4)5)18-26(17-23)44-25-10-13-33-30(19-25)36-34-31(41-20-42-36)12-11-29-28-8-6-7-9-32(28)43(33)37(29)34;/h6-16,18,20H,1-5H3;/q-2;+2. The molecule has 0 unspecified atom stereocenters. The molecule has 226 valence electrons. The summed E-state index contributed by atoms with van der Waals surface area (Å²) in [5, 5.41) is 5.57. The number of pyridine rings is 2. The first-order chi connectivity index (χ1) is 21.8. The molecule has 46 heavy (non-hydrogen) atoms. The number of ether oxygens (including phenoxy) is 1. The topological polar surface area (TPSA) is 52.3 Å². The van der Waals surface area contributed by atoms with E-state index >= 15 is 0 Å². The maximum absolute atomic E-state index is 6.62. The second-order valence-corrected chi connectivity index (χ2v) is 14.1. The van der Waals surface area contributed by atoms with Crippen molar-refractivity contribution in [2.24, 2.45) is 0 Å². The summed E-state index contributed by atoms with van der Waals surface area (Å²) in [4.78, 5) is 15.6. The number of aromatic nitrogens is 4. The van der Waals surface area contributed by atoms with Crippen molar-refractivity contribution < 1.29 is 25.8 Å². The fourth-order valence-electron chi connectivity index (χ4n) is 6.67. The molecular weight excluding hydrogens is 768 g/mol. The minimum absolute atomic E-state index is 0. The zero-order valence-corrected chi connectivity index (χ0v) is 29.0. The number of hydrogen-bond acceptors (Lipinski definition) is 5. The van der Waals surface area contributed by atoms with Crippen LogP contribution in [0.5, 0.6) is 11.5 Å². The van der Waals surface area contributed by atoms with Crippen molar-refractivity contribution in [2.75, 3.05) is 0 Å². The van der Waals surface area contributed by atoms with Crippen LogP contribution in [0.25, 0.3) is 70.5 Å². The van der Waals surface area contributed by atoms with Gasteiger partial charge in [-0.2, -0.15) is 0 Å². The van der Waals surface area contributed by atoms with Crippen molar-refractivity contribution in [1.82, 2.24) is 19.4 Å². The van der Waals surface area contributed by atoms with Gasteiger partial charge < -0.3 is 14.1 Å². The van der Waals surface area contributed by atoms with Gasteiger partial charge in [-0.1, -0.05) is 74.7 Å². The smallest absolute Gasteiger partial charge is 0.497 e. The molecule has 5 heterocycles. The Morgan fingerprint density at radius 3 is 2.50 bits per heavy atom. The summed E-state index contributed by atoms with van der Waals surface area (Å²) in [5.74, 6) is 1.24. The SMILES string of the molecule is Cc1sc2c(-c3[c-]c(Oc4[c-]c5c6ncnc7ccc8c9ccccc9n(c5cc4)c8c76)cc(C(C)(C)C)c3)nccc2c1C.[Pt+2]. The first kappa shape index (κ1) is 29.0. The minimum atomic E-state index is -0.103. The maximum Gasteiger partial charge on any atom is 2.00 e. The summed E-state index contributed by atoms with van der Waals surface area (Å²) in [6.45, 7) is 11.0. The van der Waals surface area contributed by atoms with Crippen molar-refractivity contribution in [1.29, 1.82) is 0 Å². The van der Waals surface area contributed by atoms with Crippen molar-refractivity contribution in [3.05, 3.63) is 107 Å². The van der Waals surface area contributed by atoms with Crippen LogP contribution in [0.4, 0.5) is 0 Å². The van der Waals surface area contributed by atoms with Gasteiger partial charge in [0, 0.05) is 65.7 Å². The monoisotopic (exact) mass is 795 g/mol. The summed E-state index contributed by atoms with van der Waals surface area (Å²) in [7, 11) is 0. The average molecular weight is 796 g/mol. The average Bonchev–Trinajstić information content (AvgIpc) is 3.54. The normalized spacial score (nSPS) is 12.3. The van der Waals surface area contributed by atoms with E-state index in [0.717, 1.165) is 55.2 Å². The Morgan fingerprint density at radius 2 is 1.65 bits per heavy atom. The number of nitrogens with zero attached hydrogens (tertiary/aromatic N) is 4. The first-order valence-electron chi connectivity index (χ1n) is 15.1. The van der Waals surface area contributed by atoms with E-state index in [0.29, 0.717) is 11.5 Å². The maximum atomic E-state index is 6.62. The fraction of sp³-hybridized carbons (Fsp3) is 0.154. The predicted molar refractivity (Wildman–Crippen MR) is 185 cm³/mol. The Kier molecular flexibility index (Phi) is 6.51. The van der Waals surface area contributed by atoms with Crippen LogP contribution in [0.1, 0.15) is 36.8 Å². The van der Waals surface area contributed by atoms with Gasteiger partial charge in [-0.3, -0.25) is 4.98 Å². The quantitative estimate of drug-likeness (QED) is 0.102. The predicted octanol–water partition coefficient (Wildman–Crippen LogP) is 10.4. The van der Waals surface area contributed by atoms with Crippen LogP contribution in [-0.2, 0) is 26.5 Å². The molecule has 0 atom stereocenters. The molecule has 0 saturated carbocycles. The van der Waals surface area contributed by atoms with Gasteiger partial charge in [0.2, 0.25) is 0 Å². The third-order valence-electron chi connectivity index (χ3n) is 9.09. The molecular formula is C39H28N4OPtS. The summed E-state index contributed by atoms with van der Waals surface area (Å²) in [6.07, 6.45) is 3.54.